The van der Waals surface area contributed by atoms with Gasteiger partial charge in [0.15, 0.2) is 9.84 Å². The normalized spacial score (nSPS) is 29.5. The standard InChI is InChI=1S/C16H24N2O2S/c19-21(20)11-8-17-16(13-21)7-10-18-9-6-15(12-18)14-4-2-1-3-5-14/h1-5,15-17H,6-13H2. The van der Waals surface area contributed by atoms with E-state index in [0.29, 0.717) is 24.0 Å². The molecule has 4 nitrogen and oxygen atoms in total. The molecule has 2 aliphatic heterocycles. The van der Waals surface area contributed by atoms with Crippen LogP contribution >= 0.6 is 0 Å². The molecule has 2 fully saturated rings. The average Bonchev–Trinajstić information content (AvgIpc) is 2.94. The number of hydrogen-bond acceptors (Lipinski definition) is 4. The van der Waals surface area contributed by atoms with E-state index in [2.05, 4.69) is 40.5 Å². The van der Waals surface area contributed by atoms with Crippen LogP contribution < -0.4 is 5.32 Å². The van der Waals surface area contributed by atoms with Crippen molar-refractivity contribution < 1.29 is 8.42 Å². The maximum Gasteiger partial charge on any atom is 0.153 e. The summed E-state index contributed by atoms with van der Waals surface area (Å²) in [5, 5.41) is 3.34. The van der Waals surface area contributed by atoms with Crippen molar-refractivity contribution in [2.45, 2.75) is 24.8 Å². The molecule has 0 saturated carbocycles. The Hall–Kier alpha value is -0.910. The number of benzene rings is 1. The molecule has 2 saturated heterocycles. The van der Waals surface area contributed by atoms with Gasteiger partial charge in [-0.2, -0.15) is 0 Å². The van der Waals surface area contributed by atoms with Gasteiger partial charge in [0.1, 0.15) is 0 Å². The zero-order valence-electron chi connectivity index (χ0n) is 12.4. The monoisotopic (exact) mass is 308 g/mol. The molecule has 21 heavy (non-hydrogen) atoms. The third-order valence-corrected chi connectivity index (χ3v) is 6.37. The second-order valence-corrected chi connectivity index (χ2v) is 8.48. The first-order valence-corrected chi connectivity index (χ1v) is 9.66. The summed E-state index contributed by atoms with van der Waals surface area (Å²) in [6, 6.07) is 10.8. The van der Waals surface area contributed by atoms with E-state index >= 15 is 0 Å². The maximum absolute atomic E-state index is 11.6. The summed E-state index contributed by atoms with van der Waals surface area (Å²) in [5.74, 6) is 1.24. The third-order valence-electron chi connectivity index (χ3n) is 4.64. The van der Waals surface area contributed by atoms with Gasteiger partial charge in [-0.25, -0.2) is 8.42 Å². The number of nitrogens with one attached hydrogen (secondary N) is 1. The van der Waals surface area contributed by atoms with E-state index in [4.69, 9.17) is 0 Å². The number of likely N-dealkylation sites (tertiary alicyclic amines) is 1. The van der Waals surface area contributed by atoms with Crippen LogP contribution in [0.5, 0.6) is 0 Å². The van der Waals surface area contributed by atoms with Gasteiger partial charge in [0.05, 0.1) is 11.5 Å². The Labute approximate surface area is 127 Å². The largest absolute Gasteiger partial charge is 0.312 e. The van der Waals surface area contributed by atoms with Gasteiger partial charge >= 0.3 is 0 Å². The highest BCUT2D eigenvalue weighted by Crippen LogP contribution is 2.27. The molecular formula is C16H24N2O2S. The van der Waals surface area contributed by atoms with Gasteiger partial charge in [0.2, 0.25) is 0 Å². The van der Waals surface area contributed by atoms with Gasteiger partial charge in [-0.3, -0.25) is 0 Å². The molecule has 0 spiro atoms. The quantitative estimate of drug-likeness (QED) is 0.909. The first-order valence-electron chi connectivity index (χ1n) is 7.83. The summed E-state index contributed by atoms with van der Waals surface area (Å²) in [5.41, 5.74) is 1.43. The molecule has 3 rings (SSSR count). The summed E-state index contributed by atoms with van der Waals surface area (Å²) < 4.78 is 23.3. The van der Waals surface area contributed by atoms with Crippen molar-refractivity contribution >= 4 is 9.84 Å². The Morgan fingerprint density at radius 3 is 2.81 bits per heavy atom. The van der Waals surface area contributed by atoms with Crippen molar-refractivity contribution in [3.8, 4) is 0 Å². The van der Waals surface area contributed by atoms with Crippen molar-refractivity contribution in [1.82, 2.24) is 10.2 Å². The minimum Gasteiger partial charge on any atom is -0.312 e. The van der Waals surface area contributed by atoms with Crippen LogP contribution in [0.15, 0.2) is 30.3 Å². The third kappa shape index (κ3) is 4.05. The predicted octanol–water partition coefficient (Wildman–Crippen LogP) is 1.25. The van der Waals surface area contributed by atoms with Gasteiger partial charge in [-0.1, -0.05) is 30.3 Å². The fraction of sp³-hybridized carbons (Fsp3) is 0.625. The van der Waals surface area contributed by atoms with Crippen LogP contribution in [0.4, 0.5) is 0 Å². The first kappa shape index (κ1) is 15.0. The van der Waals surface area contributed by atoms with E-state index < -0.39 is 9.84 Å². The lowest BCUT2D eigenvalue weighted by Gasteiger charge is -2.25. The van der Waals surface area contributed by atoms with E-state index in [1.807, 2.05) is 0 Å². The van der Waals surface area contributed by atoms with Crippen LogP contribution in [0, 0.1) is 0 Å². The molecular weight excluding hydrogens is 284 g/mol. The zero-order chi connectivity index (χ0) is 14.7. The minimum absolute atomic E-state index is 0.138. The van der Waals surface area contributed by atoms with E-state index in [1.54, 1.807) is 0 Å². The molecule has 0 aliphatic carbocycles. The van der Waals surface area contributed by atoms with Gasteiger partial charge in [0.25, 0.3) is 0 Å². The Balaban J connectivity index is 1.47. The summed E-state index contributed by atoms with van der Waals surface area (Å²) >= 11 is 0. The molecule has 1 aromatic rings. The molecule has 2 heterocycles. The molecule has 0 amide bonds. The first-order chi connectivity index (χ1) is 10.1. The molecule has 5 heteroatoms. The Kier molecular flexibility index (Phi) is 4.62. The van der Waals surface area contributed by atoms with Crippen LogP contribution in [0.3, 0.4) is 0 Å². The molecule has 2 atom stereocenters. The van der Waals surface area contributed by atoms with Gasteiger partial charge in [-0.15, -0.1) is 0 Å². The zero-order valence-corrected chi connectivity index (χ0v) is 13.2. The number of nitrogens with zero attached hydrogens (tertiary/aromatic N) is 1. The fourth-order valence-corrected chi connectivity index (χ4v) is 4.92. The summed E-state index contributed by atoms with van der Waals surface area (Å²) in [6.45, 7) is 3.83. The van der Waals surface area contributed by atoms with Crippen LogP contribution in [-0.4, -0.2) is 57.0 Å². The van der Waals surface area contributed by atoms with E-state index in [1.165, 1.54) is 12.0 Å². The topological polar surface area (TPSA) is 49.4 Å². The van der Waals surface area contributed by atoms with Crippen LogP contribution in [-0.2, 0) is 9.84 Å². The second kappa shape index (κ2) is 6.46. The van der Waals surface area contributed by atoms with E-state index in [-0.39, 0.29) is 6.04 Å². The van der Waals surface area contributed by atoms with Crippen molar-refractivity contribution in [2.24, 2.45) is 0 Å². The molecule has 1 N–H and O–H groups in total. The molecule has 2 aliphatic rings. The molecule has 1 aromatic carbocycles. The second-order valence-electron chi connectivity index (χ2n) is 6.25. The lowest BCUT2D eigenvalue weighted by molar-refractivity contribution is 0.310. The summed E-state index contributed by atoms with van der Waals surface area (Å²) in [4.78, 5) is 2.47. The fourth-order valence-electron chi connectivity index (χ4n) is 3.42. The Morgan fingerprint density at radius 1 is 1.24 bits per heavy atom. The highest BCUT2D eigenvalue weighted by atomic mass is 32.2. The van der Waals surface area contributed by atoms with Crippen molar-refractivity contribution in [3.05, 3.63) is 35.9 Å². The summed E-state index contributed by atoms with van der Waals surface area (Å²) in [6.07, 6.45) is 2.14. The molecule has 0 bridgehead atoms. The van der Waals surface area contributed by atoms with E-state index in [0.717, 1.165) is 26.1 Å². The summed E-state index contributed by atoms with van der Waals surface area (Å²) in [7, 11) is -2.81. The Bertz CT molecular complexity index is 559. The van der Waals surface area contributed by atoms with Crippen molar-refractivity contribution in [1.29, 1.82) is 0 Å². The number of hydrogen-bond donors (Lipinski definition) is 1. The van der Waals surface area contributed by atoms with Gasteiger partial charge in [-0.05, 0) is 37.4 Å². The average molecular weight is 308 g/mol. The molecule has 0 aromatic heterocycles. The predicted molar refractivity (Wildman–Crippen MR) is 85.3 cm³/mol. The molecule has 0 radical (unpaired) electrons. The maximum atomic E-state index is 11.6. The highest BCUT2D eigenvalue weighted by Gasteiger charge is 2.27. The smallest absolute Gasteiger partial charge is 0.153 e. The molecule has 116 valence electrons. The van der Waals surface area contributed by atoms with Crippen LogP contribution in [0.1, 0.15) is 24.3 Å². The van der Waals surface area contributed by atoms with Crippen LogP contribution in [0.2, 0.25) is 0 Å². The van der Waals surface area contributed by atoms with Crippen LogP contribution in [0.25, 0.3) is 0 Å². The van der Waals surface area contributed by atoms with Gasteiger partial charge in [0, 0.05) is 19.1 Å². The number of sulfone groups is 1. The lowest BCUT2D eigenvalue weighted by atomic mass is 9.99. The lowest BCUT2D eigenvalue weighted by Crippen LogP contribution is -2.46. The molecule has 2 unspecified atom stereocenters. The van der Waals surface area contributed by atoms with E-state index in [9.17, 15) is 8.42 Å². The van der Waals surface area contributed by atoms with Gasteiger partial charge < -0.3 is 10.2 Å². The van der Waals surface area contributed by atoms with Crippen molar-refractivity contribution in [2.75, 3.05) is 37.7 Å². The minimum atomic E-state index is -2.81. The SMILES string of the molecule is O=S1(=O)CCNC(CCN2CCC(c3ccccc3)C2)C1. The number of rotatable bonds is 4. The Morgan fingerprint density at radius 2 is 2.05 bits per heavy atom. The highest BCUT2D eigenvalue weighted by molar-refractivity contribution is 7.91. The van der Waals surface area contributed by atoms with Crippen molar-refractivity contribution in [3.63, 3.8) is 0 Å².